The van der Waals surface area contributed by atoms with Crippen molar-refractivity contribution in [3.8, 4) is 0 Å². The fourth-order valence-corrected chi connectivity index (χ4v) is 2.16. The highest BCUT2D eigenvalue weighted by atomic mass is 35.5. The number of nitrogens with zero attached hydrogens (tertiary/aromatic N) is 1. The predicted octanol–water partition coefficient (Wildman–Crippen LogP) is 4.28. The smallest absolute Gasteiger partial charge is 0.255 e. The maximum absolute atomic E-state index is 12.2. The number of nitrogens with one attached hydrogen (secondary N) is 1. The Hall–Kier alpha value is -1.87. The maximum Gasteiger partial charge on any atom is 0.255 e. The maximum atomic E-state index is 12.2. The van der Waals surface area contributed by atoms with E-state index in [1.807, 2.05) is 24.3 Å². The first kappa shape index (κ1) is 14.5. The number of hydrogen-bond donors (Lipinski definition) is 1. The number of carbonyl (C=O) groups excluding carboxylic acids is 1. The van der Waals surface area contributed by atoms with Crippen LogP contribution in [0.25, 0.3) is 0 Å². The van der Waals surface area contributed by atoms with E-state index in [0.717, 1.165) is 11.3 Å². The molecule has 1 amide bonds. The first-order valence-electron chi connectivity index (χ1n) is 6.40. The fourth-order valence-electron chi connectivity index (χ4n) is 1.98. The van der Waals surface area contributed by atoms with Crippen molar-refractivity contribution in [2.45, 2.75) is 26.2 Å². The lowest BCUT2D eigenvalue weighted by atomic mass is 9.86. The van der Waals surface area contributed by atoms with Crippen LogP contribution in [0.4, 0.5) is 5.69 Å². The summed E-state index contributed by atoms with van der Waals surface area (Å²) in [5, 5.41) is 3.24. The molecule has 0 aliphatic carbocycles. The van der Waals surface area contributed by atoms with Gasteiger partial charge in [-0.25, -0.2) is 4.98 Å². The molecule has 0 saturated carbocycles. The van der Waals surface area contributed by atoms with Gasteiger partial charge < -0.3 is 5.32 Å². The van der Waals surface area contributed by atoms with Gasteiger partial charge in [0.25, 0.3) is 5.91 Å². The second kappa shape index (κ2) is 5.63. The molecular weight excluding hydrogens is 272 g/mol. The van der Waals surface area contributed by atoms with E-state index < -0.39 is 0 Å². The van der Waals surface area contributed by atoms with Crippen LogP contribution in [0.5, 0.6) is 0 Å². The van der Waals surface area contributed by atoms with Crippen molar-refractivity contribution in [3.63, 3.8) is 0 Å². The zero-order valence-corrected chi connectivity index (χ0v) is 12.5. The average Bonchev–Trinajstić information content (AvgIpc) is 2.38. The summed E-state index contributed by atoms with van der Waals surface area (Å²) in [6.45, 7) is 6.34. The normalized spacial score (nSPS) is 11.2. The summed E-state index contributed by atoms with van der Waals surface area (Å²) < 4.78 is 0. The molecule has 0 aliphatic rings. The summed E-state index contributed by atoms with van der Waals surface area (Å²) in [6.07, 6.45) is 1.52. The molecule has 0 fully saturated rings. The third-order valence-corrected chi connectivity index (χ3v) is 3.18. The Morgan fingerprint density at radius 2 is 1.90 bits per heavy atom. The van der Waals surface area contributed by atoms with E-state index in [-0.39, 0.29) is 11.3 Å². The minimum Gasteiger partial charge on any atom is -0.322 e. The fraction of sp³-hybridized carbons (Fsp3) is 0.250. The van der Waals surface area contributed by atoms with E-state index in [4.69, 9.17) is 11.6 Å². The largest absolute Gasteiger partial charge is 0.322 e. The van der Waals surface area contributed by atoms with Gasteiger partial charge >= 0.3 is 0 Å². The Bertz CT molecular complexity index is 632. The standard InChI is InChI=1S/C16H17ClN2O/c1-16(2,3)12-6-4-5-7-13(12)19-15(20)11-8-9-18-14(17)10-11/h4-10H,1-3H3,(H,19,20). The molecule has 1 aromatic heterocycles. The molecule has 0 saturated heterocycles. The van der Waals surface area contributed by atoms with Crippen LogP contribution >= 0.6 is 11.6 Å². The van der Waals surface area contributed by atoms with Crippen LogP contribution in [0.3, 0.4) is 0 Å². The summed E-state index contributed by atoms with van der Waals surface area (Å²) in [5.41, 5.74) is 2.36. The van der Waals surface area contributed by atoms with E-state index >= 15 is 0 Å². The summed E-state index contributed by atoms with van der Waals surface area (Å²) >= 11 is 5.80. The van der Waals surface area contributed by atoms with E-state index in [1.54, 1.807) is 12.1 Å². The number of para-hydroxylation sites is 1. The number of hydrogen-bond acceptors (Lipinski definition) is 2. The van der Waals surface area contributed by atoms with Crippen LogP contribution in [0, 0.1) is 0 Å². The van der Waals surface area contributed by atoms with Crippen molar-refractivity contribution >= 4 is 23.2 Å². The van der Waals surface area contributed by atoms with Gasteiger partial charge in [-0.2, -0.15) is 0 Å². The van der Waals surface area contributed by atoms with Crippen LogP contribution in [-0.2, 0) is 5.41 Å². The molecule has 1 aromatic carbocycles. The minimum atomic E-state index is -0.189. The molecule has 1 N–H and O–H groups in total. The van der Waals surface area contributed by atoms with E-state index in [0.29, 0.717) is 10.7 Å². The Morgan fingerprint density at radius 3 is 2.55 bits per heavy atom. The van der Waals surface area contributed by atoms with E-state index in [9.17, 15) is 4.79 Å². The summed E-state index contributed by atoms with van der Waals surface area (Å²) in [4.78, 5) is 16.1. The Labute approximate surface area is 124 Å². The molecule has 3 nitrogen and oxygen atoms in total. The van der Waals surface area contributed by atoms with Crippen molar-refractivity contribution in [3.05, 3.63) is 58.9 Å². The van der Waals surface area contributed by atoms with Gasteiger partial charge in [-0.3, -0.25) is 4.79 Å². The third kappa shape index (κ3) is 3.36. The Balaban J connectivity index is 2.29. The molecule has 4 heteroatoms. The highest BCUT2D eigenvalue weighted by molar-refractivity contribution is 6.29. The van der Waals surface area contributed by atoms with Gasteiger partial charge in [0, 0.05) is 17.4 Å². The van der Waals surface area contributed by atoms with Crippen LogP contribution in [0.2, 0.25) is 5.15 Å². The lowest BCUT2D eigenvalue weighted by Gasteiger charge is -2.23. The predicted molar refractivity (Wildman–Crippen MR) is 82.3 cm³/mol. The van der Waals surface area contributed by atoms with Crippen molar-refractivity contribution in [2.75, 3.05) is 5.32 Å². The van der Waals surface area contributed by atoms with Gasteiger partial charge in [-0.05, 0) is 29.2 Å². The molecule has 0 radical (unpaired) electrons. The van der Waals surface area contributed by atoms with E-state index in [2.05, 4.69) is 31.1 Å². The highest BCUT2D eigenvalue weighted by Crippen LogP contribution is 2.29. The second-order valence-corrected chi connectivity index (χ2v) is 6.00. The van der Waals surface area contributed by atoms with Crippen LogP contribution in [-0.4, -0.2) is 10.9 Å². The lowest BCUT2D eigenvalue weighted by molar-refractivity contribution is 0.102. The van der Waals surface area contributed by atoms with Gasteiger partial charge in [0.05, 0.1) is 0 Å². The zero-order chi connectivity index (χ0) is 14.8. The van der Waals surface area contributed by atoms with Gasteiger partial charge in [0.1, 0.15) is 5.15 Å². The molecule has 0 unspecified atom stereocenters. The molecule has 2 aromatic rings. The number of rotatable bonds is 2. The van der Waals surface area contributed by atoms with Gasteiger partial charge in [-0.15, -0.1) is 0 Å². The van der Waals surface area contributed by atoms with Crippen LogP contribution in [0.15, 0.2) is 42.6 Å². The molecule has 0 bridgehead atoms. The van der Waals surface area contributed by atoms with Crippen molar-refractivity contribution in [1.29, 1.82) is 0 Å². The number of anilines is 1. The first-order chi connectivity index (χ1) is 9.38. The minimum absolute atomic E-state index is 0.0419. The Kier molecular flexibility index (Phi) is 4.09. The number of aromatic nitrogens is 1. The average molecular weight is 289 g/mol. The quantitative estimate of drug-likeness (QED) is 0.838. The molecule has 20 heavy (non-hydrogen) atoms. The molecule has 1 heterocycles. The van der Waals surface area contributed by atoms with E-state index in [1.165, 1.54) is 6.20 Å². The van der Waals surface area contributed by atoms with Crippen molar-refractivity contribution in [1.82, 2.24) is 4.98 Å². The highest BCUT2D eigenvalue weighted by Gasteiger charge is 2.18. The number of amides is 1. The van der Waals surface area contributed by atoms with Crippen LogP contribution < -0.4 is 5.32 Å². The first-order valence-corrected chi connectivity index (χ1v) is 6.78. The van der Waals surface area contributed by atoms with Gasteiger partial charge in [0.2, 0.25) is 0 Å². The van der Waals surface area contributed by atoms with Crippen molar-refractivity contribution in [2.24, 2.45) is 0 Å². The van der Waals surface area contributed by atoms with Crippen LogP contribution in [0.1, 0.15) is 36.7 Å². The monoisotopic (exact) mass is 288 g/mol. The Morgan fingerprint density at radius 1 is 1.20 bits per heavy atom. The molecule has 0 atom stereocenters. The third-order valence-electron chi connectivity index (χ3n) is 2.97. The number of carbonyl (C=O) groups is 1. The number of pyridine rings is 1. The van der Waals surface area contributed by atoms with Gasteiger partial charge in [-0.1, -0.05) is 50.6 Å². The second-order valence-electron chi connectivity index (χ2n) is 5.62. The molecule has 2 rings (SSSR count). The zero-order valence-electron chi connectivity index (χ0n) is 11.8. The summed E-state index contributed by atoms with van der Waals surface area (Å²) in [5.74, 6) is -0.189. The van der Waals surface area contributed by atoms with Gasteiger partial charge in [0.15, 0.2) is 0 Å². The summed E-state index contributed by atoms with van der Waals surface area (Å²) in [6, 6.07) is 11.0. The molecule has 104 valence electrons. The molecule has 0 spiro atoms. The number of halogens is 1. The lowest BCUT2D eigenvalue weighted by Crippen LogP contribution is -2.18. The molecule has 0 aliphatic heterocycles. The summed E-state index contributed by atoms with van der Waals surface area (Å²) in [7, 11) is 0. The topological polar surface area (TPSA) is 42.0 Å². The SMILES string of the molecule is CC(C)(C)c1ccccc1NC(=O)c1ccnc(Cl)c1. The molecular formula is C16H17ClN2O. The number of benzene rings is 1. The van der Waals surface area contributed by atoms with Crippen molar-refractivity contribution < 1.29 is 4.79 Å².